The molecule has 0 fully saturated rings. The molecule has 0 amide bonds. The normalized spacial score (nSPS) is 14.9. The maximum atomic E-state index is 6.66. The van der Waals surface area contributed by atoms with Crippen LogP contribution in [0.1, 0.15) is 22.3 Å². The van der Waals surface area contributed by atoms with E-state index < -0.39 is 24.8 Å². The van der Waals surface area contributed by atoms with Crippen LogP contribution in [-0.4, -0.2) is 52.9 Å². The molecule has 0 unspecified atom stereocenters. The molecule has 17 heteroatoms. The van der Waals surface area contributed by atoms with Crippen molar-refractivity contribution in [3.8, 4) is 0 Å². The number of halogens is 8. The minimum absolute atomic E-state index is 0.356. The van der Waals surface area contributed by atoms with Crippen LogP contribution in [0.2, 0.25) is 40.2 Å². The van der Waals surface area contributed by atoms with Crippen molar-refractivity contribution >= 4 is 174 Å². The van der Waals surface area contributed by atoms with E-state index in [1.165, 1.54) is 0 Å². The van der Waals surface area contributed by atoms with Gasteiger partial charge in [-0.2, -0.15) is 0 Å². The average Bonchev–Trinajstić information content (AvgIpc) is 3.72. The van der Waals surface area contributed by atoms with Crippen molar-refractivity contribution in [3.63, 3.8) is 0 Å². The molecule has 0 N–H and O–H groups in total. The van der Waals surface area contributed by atoms with Crippen molar-refractivity contribution in [2.45, 2.75) is 0 Å². The van der Waals surface area contributed by atoms with E-state index in [1.54, 1.807) is 48.5 Å². The van der Waals surface area contributed by atoms with E-state index in [2.05, 4.69) is 4.75 Å². The first-order valence-corrected chi connectivity index (χ1v) is 21.3. The number of benzene rings is 4. The first-order valence-electron chi connectivity index (χ1n) is 14.2. The number of hydrogen-bond donors (Lipinski definition) is 0. The summed E-state index contributed by atoms with van der Waals surface area (Å²) in [4.78, 5) is 30.6. The summed E-state index contributed by atoms with van der Waals surface area (Å²) >= 11 is 50.2. The molecule has 4 aromatic carbocycles. The summed E-state index contributed by atoms with van der Waals surface area (Å²) in [5.74, 6) is 2.78. The Kier molecular flexibility index (Phi) is 7.01. The van der Waals surface area contributed by atoms with Crippen molar-refractivity contribution in [2.24, 2.45) is 30.0 Å². The second-order valence-electron chi connectivity index (χ2n) is 11.4. The second-order valence-corrected chi connectivity index (χ2v) is 19.5. The molecule has 235 valence electrons. The zero-order chi connectivity index (χ0) is 33.6. The predicted molar refractivity (Wildman–Crippen MR) is 201 cm³/mol. The summed E-state index contributed by atoms with van der Waals surface area (Å²) in [6, 6.07) is 14.2. The fraction of sp³-hybridized carbons (Fsp3) is 0. The summed E-state index contributed by atoms with van der Waals surface area (Å²) in [6.07, 6.45) is 0. The number of aromatic nitrogens is 2. The zero-order valence-corrected chi connectivity index (χ0v) is 34.3. The van der Waals surface area contributed by atoms with E-state index in [1.807, 2.05) is 0 Å². The van der Waals surface area contributed by atoms with E-state index in [-0.39, 0.29) is 0 Å². The van der Waals surface area contributed by atoms with Crippen LogP contribution in [-0.2, 0) is 0 Å². The number of fused-ring (bicyclic) bond motifs is 14. The monoisotopic (exact) mass is 989 g/mol. The van der Waals surface area contributed by atoms with Crippen LogP contribution in [0.5, 0.6) is 0 Å². The standard InChI is InChI=1S/C32H8Cl8N8.Tl/c33-17-1-9-10(2-18(17)34)26-41-25(9)45-27-11-3-19(35)20(36)4-12(11)29(42-27)47-31-15-7-23(39)24(40)8-16(15)32(44-31)48-30-14-6-22(38)21(37)5-13(14)28(43-30)46-26;/h1-8H;/q-2;+2. The Labute approximate surface area is 327 Å². The molecule has 6 bridgehead atoms. The fourth-order valence-electron chi connectivity index (χ4n) is 6.36. The molecule has 49 heavy (non-hydrogen) atoms. The molecule has 0 saturated carbocycles. The Morgan fingerprint density at radius 1 is 0.347 bits per heavy atom. The van der Waals surface area contributed by atoms with Crippen LogP contribution < -0.4 is 11.0 Å². The van der Waals surface area contributed by atoms with Gasteiger partial charge in [-0.1, -0.05) is 0 Å². The van der Waals surface area contributed by atoms with Crippen molar-refractivity contribution in [3.05, 3.63) is 122 Å². The first kappa shape index (κ1) is 31.2. The van der Waals surface area contributed by atoms with Gasteiger partial charge in [0, 0.05) is 0 Å². The molecule has 0 atom stereocenters. The summed E-state index contributed by atoms with van der Waals surface area (Å²) in [7, 11) is 0. The summed E-state index contributed by atoms with van der Waals surface area (Å²) in [5, 5.41) is 5.75. The SMILES string of the molecule is Clc1cc2c(cc1Cl)C1=Nc3c4cc(Cl)c(Cl)cc4c4[n]3[Tl][n]3c(c5cc(Cl)c(Cl)cc5c3=NC3=NC(=N4)c4cc(Cl)c(Cl)cc43)=NC2=N1. The molecule has 6 aromatic rings. The van der Waals surface area contributed by atoms with Gasteiger partial charge >= 0.3 is 331 Å². The van der Waals surface area contributed by atoms with E-state index in [0.29, 0.717) is 108 Å². The van der Waals surface area contributed by atoms with Gasteiger partial charge in [0.15, 0.2) is 0 Å². The maximum absolute atomic E-state index is 6.66. The van der Waals surface area contributed by atoms with Crippen LogP contribution in [0.15, 0.2) is 78.5 Å². The second kappa shape index (κ2) is 11.0. The van der Waals surface area contributed by atoms with E-state index in [0.717, 1.165) is 21.5 Å². The molecule has 4 aliphatic heterocycles. The third-order valence-corrected chi connectivity index (χ3v) is 17.1. The summed E-state index contributed by atoms with van der Waals surface area (Å²) in [6.45, 7) is 0. The molecule has 0 radical (unpaired) electrons. The molecule has 10 rings (SSSR count). The van der Waals surface area contributed by atoms with E-state index in [4.69, 9.17) is 123 Å². The van der Waals surface area contributed by atoms with E-state index >= 15 is 0 Å². The van der Waals surface area contributed by atoms with Crippen LogP contribution in [0.25, 0.3) is 21.5 Å². The van der Waals surface area contributed by atoms with Gasteiger partial charge in [0.1, 0.15) is 0 Å². The van der Waals surface area contributed by atoms with Gasteiger partial charge in [-0.05, 0) is 0 Å². The quantitative estimate of drug-likeness (QED) is 0.136. The molecule has 2 aromatic heterocycles. The molecule has 0 spiro atoms. The van der Waals surface area contributed by atoms with Gasteiger partial charge < -0.3 is 0 Å². The Morgan fingerprint density at radius 2 is 0.653 bits per heavy atom. The van der Waals surface area contributed by atoms with E-state index in [9.17, 15) is 0 Å². The first-order chi connectivity index (χ1) is 23.5. The number of hydrogen-bond acceptors (Lipinski definition) is 6. The predicted octanol–water partition coefficient (Wildman–Crippen LogP) is 9.70. The number of nitrogens with zero attached hydrogens (tertiary/aromatic N) is 8. The van der Waals surface area contributed by atoms with Gasteiger partial charge in [0.25, 0.3) is 0 Å². The third-order valence-electron chi connectivity index (χ3n) is 8.58. The molecular formula is C32H8Cl8N8Tl. The average molecular weight is 992 g/mol. The van der Waals surface area contributed by atoms with Gasteiger partial charge in [-0.3, -0.25) is 0 Å². The summed E-state index contributed by atoms with van der Waals surface area (Å²) < 4.78 is 4.26. The van der Waals surface area contributed by atoms with Crippen LogP contribution in [0.4, 0.5) is 11.6 Å². The van der Waals surface area contributed by atoms with Crippen LogP contribution in [0, 0.1) is 0 Å². The van der Waals surface area contributed by atoms with Gasteiger partial charge in [-0.15, -0.1) is 0 Å². The zero-order valence-electron chi connectivity index (χ0n) is 23.8. The minimum atomic E-state index is -2.63. The van der Waals surface area contributed by atoms with Crippen molar-refractivity contribution in [1.82, 2.24) is 4.75 Å². The molecule has 0 saturated heterocycles. The molecule has 8 nitrogen and oxygen atoms in total. The Balaban J connectivity index is 1.47. The van der Waals surface area contributed by atoms with Gasteiger partial charge in [0.2, 0.25) is 0 Å². The summed E-state index contributed by atoms with van der Waals surface area (Å²) in [5.41, 5.74) is 3.85. The van der Waals surface area contributed by atoms with Crippen molar-refractivity contribution in [2.75, 3.05) is 0 Å². The van der Waals surface area contributed by atoms with Crippen LogP contribution >= 0.6 is 92.8 Å². The molecule has 4 aliphatic rings. The van der Waals surface area contributed by atoms with Gasteiger partial charge in [0.05, 0.1) is 0 Å². The Hall–Kier alpha value is -2.52. The fourth-order valence-corrected chi connectivity index (χ4v) is 13.3. The Bertz CT molecular complexity index is 2710. The van der Waals surface area contributed by atoms with Crippen molar-refractivity contribution in [1.29, 1.82) is 0 Å². The van der Waals surface area contributed by atoms with Crippen molar-refractivity contribution < 1.29 is 0 Å². The third kappa shape index (κ3) is 4.55. The Morgan fingerprint density at radius 3 is 1.02 bits per heavy atom. The number of amidine groups is 4. The molecule has 6 heterocycles. The molecular weight excluding hydrogens is 984 g/mol. The topological polar surface area (TPSA) is 84.0 Å². The van der Waals surface area contributed by atoms with Crippen LogP contribution in [0.3, 0.4) is 0 Å². The number of aliphatic imine (C=N–C) groups is 4. The van der Waals surface area contributed by atoms with Gasteiger partial charge in [-0.25, -0.2) is 0 Å². The number of rotatable bonds is 0. The molecule has 0 aliphatic carbocycles.